The third kappa shape index (κ3) is 3.77. The monoisotopic (exact) mass is 358 g/mol. The van der Waals surface area contributed by atoms with E-state index in [0.717, 1.165) is 22.6 Å². The van der Waals surface area contributed by atoms with Crippen LogP contribution < -0.4 is 5.32 Å². The van der Waals surface area contributed by atoms with Crippen molar-refractivity contribution in [3.8, 4) is 16.9 Å². The van der Waals surface area contributed by atoms with Crippen molar-refractivity contribution >= 4 is 5.91 Å². The normalized spacial score (nSPS) is 10.7. The number of rotatable bonds is 6. The molecule has 0 fully saturated rings. The average molecular weight is 358 g/mol. The van der Waals surface area contributed by atoms with E-state index in [1.807, 2.05) is 66.7 Å². The van der Waals surface area contributed by atoms with Crippen LogP contribution in [-0.4, -0.2) is 37.6 Å². The highest BCUT2D eigenvalue weighted by Gasteiger charge is 2.17. The largest absolute Gasteiger partial charge is 0.350 e. The van der Waals surface area contributed by atoms with Gasteiger partial charge in [0.05, 0.1) is 23.3 Å². The molecule has 4 aromatic rings. The summed E-state index contributed by atoms with van der Waals surface area (Å²) in [6.07, 6.45) is 2.25. The summed E-state index contributed by atoms with van der Waals surface area (Å²) in [5.41, 5.74) is 3.84. The average Bonchev–Trinajstić information content (AvgIpc) is 3.39. The number of hydrogen-bond donors (Lipinski definition) is 2. The molecule has 0 unspecified atom stereocenters. The third-order valence-electron chi connectivity index (χ3n) is 4.14. The summed E-state index contributed by atoms with van der Waals surface area (Å²) in [6, 6.07) is 21.3. The Bertz CT molecular complexity index is 1010. The summed E-state index contributed by atoms with van der Waals surface area (Å²) in [5, 5.41) is 17.9. The molecule has 0 saturated carbocycles. The number of carbonyl (C=O) groups excluding carboxylic acids is 1. The molecule has 2 aromatic carbocycles. The van der Waals surface area contributed by atoms with Gasteiger partial charge in [-0.25, -0.2) is 4.68 Å². The van der Waals surface area contributed by atoms with Crippen molar-refractivity contribution in [3.05, 3.63) is 84.3 Å². The second-order valence-electron chi connectivity index (χ2n) is 6.00. The zero-order valence-electron chi connectivity index (χ0n) is 14.5. The number of carbonyl (C=O) groups is 1. The van der Waals surface area contributed by atoms with E-state index >= 15 is 0 Å². The number of amides is 1. The summed E-state index contributed by atoms with van der Waals surface area (Å²) < 4.78 is 1.67. The van der Waals surface area contributed by atoms with Crippen LogP contribution in [-0.2, 0) is 6.42 Å². The Hall–Kier alpha value is -3.74. The number of benzene rings is 2. The fourth-order valence-electron chi connectivity index (χ4n) is 2.80. The second-order valence-corrected chi connectivity index (χ2v) is 6.00. The minimum Gasteiger partial charge on any atom is -0.350 e. The van der Waals surface area contributed by atoms with Gasteiger partial charge in [-0.1, -0.05) is 48.5 Å². The molecule has 7 nitrogen and oxygen atoms in total. The first kappa shape index (κ1) is 16.7. The highest BCUT2D eigenvalue weighted by Crippen LogP contribution is 2.21. The van der Waals surface area contributed by atoms with Gasteiger partial charge in [0.1, 0.15) is 5.69 Å². The lowest BCUT2D eigenvalue weighted by molar-refractivity contribution is 0.0946. The number of hydrogen-bond acceptors (Lipinski definition) is 4. The van der Waals surface area contributed by atoms with Crippen LogP contribution in [0, 0.1) is 0 Å². The zero-order valence-corrected chi connectivity index (χ0v) is 14.5. The molecule has 7 heteroatoms. The molecule has 0 saturated heterocycles. The SMILES string of the molecule is O=C(NCCc1cn[nH]n1)c1cc(-c2ccccc2)nn1-c1ccccc1. The van der Waals surface area contributed by atoms with E-state index in [0.29, 0.717) is 18.7 Å². The number of aromatic amines is 1. The molecule has 0 aliphatic heterocycles. The van der Waals surface area contributed by atoms with E-state index < -0.39 is 0 Å². The number of nitrogens with one attached hydrogen (secondary N) is 2. The van der Waals surface area contributed by atoms with Crippen LogP contribution >= 0.6 is 0 Å². The van der Waals surface area contributed by atoms with E-state index in [9.17, 15) is 4.79 Å². The molecule has 1 amide bonds. The first-order chi connectivity index (χ1) is 13.3. The fraction of sp³-hybridized carbons (Fsp3) is 0.100. The van der Waals surface area contributed by atoms with Gasteiger partial charge in [0, 0.05) is 18.5 Å². The van der Waals surface area contributed by atoms with Crippen LogP contribution in [0.2, 0.25) is 0 Å². The zero-order chi connectivity index (χ0) is 18.5. The van der Waals surface area contributed by atoms with Crippen LogP contribution in [0.4, 0.5) is 0 Å². The molecule has 134 valence electrons. The Morgan fingerprint density at radius 3 is 2.48 bits per heavy atom. The fourth-order valence-corrected chi connectivity index (χ4v) is 2.80. The van der Waals surface area contributed by atoms with Crippen molar-refractivity contribution in [2.24, 2.45) is 0 Å². The van der Waals surface area contributed by atoms with Gasteiger partial charge in [0.25, 0.3) is 5.91 Å². The first-order valence-corrected chi connectivity index (χ1v) is 8.65. The summed E-state index contributed by atoms with van der Waals surface area (Å²) in [5.74, 6) is -0.183. The van der Waals surface area contributed by atoms with Gasteiger partial charge in [0.15, 0.2) is 0 Å². The summed E-state index contributed by atoms with van der Waals surface area (Å²) in [4.78, 5) is 12.8. The standard InChI is InChI=1S/C20H18N6O/c27-20(21-12-11-16-14-22-25-23-16)19-13-18(15-7-3-1-4-8-15)24-26(19)17-9-5-2-6-10-17/h1-10,13-14H,11-12H2,(H,21,27)(H,22,23,25). The van der Waals surface area contributed by atoms with E-state index in [4.69, 9.17) is 0 Å². The molecule has 4 rings (SSSR count). The number of H-pyrrole nitrogens is 1. The highest BCUT2D eigenvalue weighted by molar-refractivity contribution is 5.94. The molecular formula is C20H18N6O. The maximum atomic E-state index is 12.8. The van der Waals surface area contributed by atoms with Gasteiger partial charge in [-0.3, -0.25) is 4.79 Å². The Labute approximate surface area is 156 Å². The van der Waals surface area contributed by atoms with Crippen LogP contribution in [0.5, 0.6) is 0 Å². The van der Waals surface area contributed by atoms with Crippen LogP contribution in [0.25, 0.3) is 16.9 Å². The smallest absolute Gasteiger partial charge is 0.270 e. The molecule has 2 N–H and O–H groups in total. The Kier molecular flexibility index (Phi) is 4.74. The summed E-state index contributed by atoms with van der Waals surface area (Å²) >= 11 is 0. The van der Waals surface area contributed by atoms with E-state index in [2.05, 4.69) is 25.8 Å². The molecule has 0 aliphatic carbocycles. The van der Waals surface area contributed by atoms with Gasteiger partial charge in [-0.2, -0.15) is 20.5 Å². The minimum atomic E-state index is -0.183. The predicted octanol–water partition coefficient (Wildman–Crippen LogP) is 2.63. The molecule has 2 aromatic heterocycles. The van der Waals surface area contributed by atoms with Crippen molar-refractivity contribution in [1.29, 1.82) is 0 Å². The molecule has 2 heterocycles. The lowest BCUT2D eigenvalue weighted by atomic mass is 10.1. The lowest BCUT2D eigenvalue weighted by Crippen LogP contribution is -2.27. The maximum Gasteiger partial charge on any atom is 0.270 e. The minimum absolute atomic E-state index is 0.183. The van der Waals surface area contributed by atoms with E-state index in [1.54, 1.807) is 10.9 Å². The molecule has 0 aliphatic rings. The van der Waals surface area contributed by atoms with Crippen molar-refractivity contribution in [2.75, 3.05) is 6.54 Å². The van der Waals surface area contributed by atoms with Crippen molar-refractivity contribution in [2.45, 2.75) is 6.42 Å². The second kappa shape index (κ2) is 7.65. The lowest BCUT2D eigenvalue weighted by Gasteiger charge is -2.07. The number of para-hydroxylation sites is 1. The molecular weight excluding hydrogens is 340 g/mol. The number of nitrogens with zero attached hydrogens (tertiary/aromatic N) is 4. The molecule has 0 spiro atoms. The third-order valence-corrected chi connectivity index (χ3v) is 4.14. The number of aromatic nitrogens is 5. The quantitative estimate of drug-likeness (QED) is 0.555. The summed E-state index contributed by atoms with van der Waals surface area (Å²) in [6.45, 7) is 0.464. The van der Waals surface area contributed by atoms with Crippen molar-refractivity contribution in [3.63, 3.8) is 0 Å². The predicted molar refractivity (Wildman–Crippen MR) is 101 cm³/mol. The summed E-state index contributed by atoms with van der Waals surface area (Å²) in [7, 11) is 0. The highest BCUT2D eigenvalue weighted by atomic mass is 16.2. The Morgan fingerprint density at radius 1 is 1.04 bits per heavy atom. The van der Waals surface area contributed by atoms with Crippen LogP contribution in [0.15, 0.2) is 72.9 Å². The molecule has 27 heavy (non-hydrogen) atoms. The van der Waals surface area contributed by atoms with Gasteiger partial charge in [-0.05, 0) is 18.2 Å². The van der Waals surface area contributed by atoms with Gasteiger partial charge < -0.3 is 5.32 Å². The van der Waals surface area contributed by atoms with Gasteiger partial charge >= 0.3 is 0 Å². The topological polar surface area (TPSA) is 88.5 Å². The molecule has 0 atom stereocenters. The maximum absolute atomic E-state index is 12.8. The molecule has 0 radical (unpaired) electrons. The van der Waals surface area contributed by atoms with Crippen molar-refractivity contribution < 1.29 is 4.79 Å². The molecule has 0 bridgehead atoms. The Balaban J connectivity index is 1.61. The van der Waals surface area contributed by atoms with Crippen molar-refractivity contribution in [1.82, 2.24) is 30.5 Å². The van der Waals surface area contributed by atoms with Crippen LogP contribution in [0.3, 0.4) is 0 Å². The van der Waals surface area contributed by atoms with Gasteiger partial charge in [0.2, 0.25) is 0 Å². The van der Waals surface area contributed by atoms with Gasteiger partial charge in [-0.15, -0.1) is 0 Å². The van der Waals surface area contributed by atoms with Crippen LogP contribution in [0.1, 0.15) is 16.2 Å². The Morgan fingerprint density at radius 2 is 1.78 bits per heavy atom. The van der Waals surface area contributed by atoms with E-state index in [1.165, 1.54) is 0 Å². The first-order valence-electron chi connectivity index (χ1n) is 8.65. The van der Waals surface area contributed by atoms with E-state index in [-0.39, 0.29) is 5.91 Å².